The molecule has 2 rings (SSSR count). The second-order valence-corrected chi connectivity index (χ2v) is 6.82. The van der Waals surface area contributed by atoms with Crippen LogP contribution in [0.2, 0.25) is 0 Å². The van der Waals surface area contributed by atoms with Crippen LogP contribution in [0, 0.1) is 0 Å². The van der Waals surface area contributed by atoms with Gasteiger partial charge in [-0.05, 0) is 12.0 Å². The number of hydrogen-bond acceptors (Lipinski definition) is 4. The van der Waals surface area contributed by atoms with Crippen LogP contribution in [0.5, 0.6) is 0 Å². The number of rotatable bonds is 7. The lowest BCUT2D eigenvalue weighted by molar-refractivity contribution is 0.580. The van der Waals surface area contributed by atoms with Gasteiger partial charge in [-0.25, -0.2) is 18.1 Å². The third-order valence-corrected chi connectivity index (χ3v) is 4.71. The van der Waals surface area contributed by atoms with Crippen LogP contribution in [-0.4, -0.2) is 25.7 Å². The summed E-state index contributed by atoms with van der Waals surface area (Å²) in [5, 5.41) is 1.93. The molecule has 0 aliphatic carbocycles. The van der Waals surface area contributed by atoms with Gasteiger partial charge < -0.3 is 0 Å². The molecule has 0 fully saturated rings. The molecule has 1 N–H and O–H groups in total. The molecule has 102 valence electrons. The molecule has 1 aromatic carbocycles. The van der Waals surface area contributed by atoms with E-state index >= 15 is 0 Å². The molecule has 0 amide bonds. The lowest BCUT2D eigenvalue weighted by Crippen LogP contribution is -2.29. The fraction of sp³-hybridized carbons (Fsp3) is 0.308. The van der Waals surface area contributed by atoms with Crippen molar-refractivity contribution in [3.8, 4) is 0 Å². The minimum Gasteiger partial charge on any atom is -0.250 e. The van der Waals surface area contributed by atoms with Crippen molar-refractivity contribution in [1.82, 2.24) is 9.71 Å². The molecule has 1 aromatic heterocycles. The first-order chi connectivity index (χ1) is 9.16. The van der Waals surface area contributed by atoms with E-state index in [1.807, 2.05) is 35.7 Å². The van der Waals surface area contributed by atoms with Crippen molar-refractivity contribution in [2.45, 2.75) is 12.8 Å². The molecule has 0 aliphatic rings. The number of thiazole rings is 1. The summed E-state index contributed by atoms with van der Waals surface area (Å²) < 4.78 is 26.2. The maximum atomic E-state index is 11.8. The average molecular weight is 296 g/mol. The van der Waals surface area contributed by atoms with E-state index in [1.54, 1.807) is 5.51 Å². The molecule has 6 heteroatoms. The minimum absolute atomic E-state index is 0.119. The molecule has 2 aromatic rings. The number of hydrogen-bond donors (Lipinski definition) is 1. The van der Waals surface area contributed by atoms with Gasteiger partial charge >= 0.3 is 0 Å². The van der Waals surface area contributed by atoms with Crippen LogP contribution in [0.4, 0.5) is 0 Å². The van der Waals surface area contributed by atoms with Gasteiger partial charge in [0.2, 0.25) is 10.0 Å². The predicted octanol–water partition coefficient (Wildman–Crippen LogP) is 1.85. The number of nitrogens with one attached hydrogen (secondary N) is 1. The van der Waals surface area contributed by atoms with Crippen LogP contribution >= 0.6 is 11.3 Å². The van der Waals surface area contributed by atoms with Crippen molar-refractivity contribution in [3.05, 3.63) is 52.5 Å². The fourth-order valence-electron chi connectivity index (χ4n) is 1.66. The maximum Gasteiger partial charge on any atom is 0.211 e. The maximum absolute atomic E-state index is 11.8. The molecule has 0 atom stereocenters. The Morgan fingerprint density at radius 3 is 2.63 bits per heavy atom. The second kappa shape index (κ2) is 6.79. The molecule has 1 heterocycles. The predicted molar refractivity (Wildman–Crippen MR) is 77.8 cm³/mol. The van der Waals surface area contributed by atoms with Crippen molar-refractivity contribution in [2.24, 2.45) is 0 Å². The van der Waals surface area contributed by atoms with Gasteiger partial charge in [0.25, 0.3) is 0 Å². The number of aromatic nitrogens is 1. The van der Waals surface area contributed by atoms with Gasteiger partial charge in [-0.3, -0.25) is 0 Å². The van der Waals surface area contributed by atoms with Gasteiger partial charge in [-0.1, -0.05) is 30.3 Å². The summed E-state index contributed by atoms with van der Waals surface area (Å²) in [6, 6.07) is 9.62. The van der Waals surface area contributed by atoms with E-state index in [0.29, 0.717) is 19.4 Å². The molecule has 0 unspecified atom stereocenters. The van der Waals surface area contributed by atoms with Gasteiger partial charge in [0, 0.05) is 18.3 Å². The highest BCUT2D eigenvalue weighted by molar-refractivity contribution is 7.89. The zero-order valence-corrected chi connectivity index (χ0v) is 12.1. The first-order valence-corrected chi connectivity index (χ1v) is 8.63. The Morgan fingerprint density at radius 2 is 1.95 bits per heavy atom. The topological polar surface area (TPSA) is 59.1 Å². The van der Waals surface area contributed by atoms with Crippen LogP contribution in [0.3, 0.4) is 0 Å². The zero-order chi connectivity index (χ0) is 13.6. The summed E-state index contributed by atoms with van der Waals surface area (Å²) in [5.74, 6) is 0.119. The van der Waals surface area contributed by atoms with E-state index in [2.05, 4.69) is 9.71 Å². The van der Waals surface area contributed by atoms with E-state index in [9.17, 15) is 8.42 Å². The molecule has 0 bridgehead atoms. The van der Waals surface area contributed by atoms with Gasteiger partial charge in [-0.15, -0.1) is 11.3 Å². The van der Waals surface area contributed by atoms with Crippen molar-refractivity contribution in [2.75, 3.05) is 12.3 Å². The van der Waals surface area contributed by atoms with E-state index in [1.165, 1.54) is 11.3 Å². The van der Waals surface area contributed by atoms with Gasteiger partial charge in [0.15, 0.2) is 0 Å². The lowest BCUT2D eigenvalue weighted by Gasteiger charge is -2.06. The number of sulfonamides is 1. The highest BCUT2D eigenvalue weighted by Crippen LogP contribution is 2.03. The summed E-state index contributed by atoms with van der Waals surface area (Å²) >= 11 is 1.52. The van der Waals surface area contributed by atoms with E-state index in [-0.39, 0.29) is 5.75 Å². The third kappa shape index (κ3) is 5.10. The molecular weight excluding hydrogens is 280 g/mol. The summed E-state index contributed by atoms with van der Waals surface area (Å²) in [5.41, 5.74) is 3.71. The zero-order valence-electron chi connectivity index (χ0n) is 10.5. The van der Waals surface area contributed by atoms with Gasteiger partial charge in [-0.2, -0.15) is 0 Å². The first-order valence-electron chi connectivity index (χ1n) is 6.04. The Morgan fingerprint density at radius 1 is 1.16 bits per heavy atom. The lowest BCUT2D eigenvalue weighted by atomic mass is 10.2. The number of nitrogens with zero attached hydrogens (tertiary/aromatic N) is 1. The average Bonchev–Trinajstić information content (AvgIpc) is 2.91. The minimum atomic E-state index is -3.21. The van der Waals surface area contributed by atoms with Crippen LogP contribution in [0.25, 0.3) is 0 Å². The van der Waals surface area contributed by atoms with Crippen LogP contribution < -0.4 is 4.72 Å². The monoisotopic (exact) mass is 296 g/mol. The van der Waals surface area contributed by atoms with E-state index in [0.717, 1.165) is 11.3 Å². The van der Waals surface area contributed by atoms with Crippen molar-refractivity contribution in [1.29, 1.82) is 0 Å². The molecule has 0 spiro atoms. The normalized spacial score (nSPS) is 11.6. The summed E-state index contributed by atoms with van der Waals surface area (Å²) in [6.45, 7) is 0.404. The largest absolute Gasteiger partial charge is 0.250 e. The Labute approximate surface area is 117 Å². The van der Waals surface area contributed by atoms with Crippen molar-refractivity contribution >= 4 is 21.4 Å². The Balaban J connectivity index is 1.76. The summed E-state index contributed by atoms with van der Waals surface area (Å²) in [7, 11) is -3.21. The first kappa shape index (κ1) is 14.2. The summed E-state index contributed by atoms with van der Waals surface area (Å²) in [4.78, 5) is 4.11. The number of benzene rings is 1. The van der Waals surface area contributed by atoms with Crippen LogP contribution in [0.1, 0.15) is 11.3 Å². The Kier molecular flexibility index (Phi) is 5.07. The molecule has 4 nitrogen and oxygen atoms in total. The second-order valence-electron chi connectivity index (χ2n) is 4.18. The van der Waals surface area contributed by atoms with E-state index < -0.39 is 10.0 Å². The quantitative estimate of drug-likeness (QED) is 0.848. The van der Waals surface area contributed by atoms with Gasteiger partial charge in [0.05, 0.1) is 17.0 Å². The Hall–Kier alpha value is -1.24. The highest BCUT2D eigenvalue weighted by Gasteiger charge is 2.09. The highest BCUT2D eigenvalue weighted by atomic mass is 32.2. The molecule has 0 radical (unpaired) electrons. The van der Waals surface area contributed by atoms with Crippen LogP contribution in [-0.2, 0) is 22.9 Å². The molecule has 0 saturated carbocycles. The Bertz CT molecular complexity index is 580. The molecule has 0 saturated heterocycles. The fourth-order valence-corrected chi connectivity index (χ4v) is 3.32. The summed E-state index contributed by atoms with van der Waals surface area (Å²) in [6.07, 6.45) is 1.17. The molecular formula is C13H16N2O2S2. The smallest absolute Gasteiger partial charge is 0.211 e. The molecule has 19 heavy (non-hydrogen) atoms. The van der Waals surface area contributed by atoms with E-state index in [4.69, 9.17) is 0 Å². The number of aryl methyl sites for hydroxylation is 1. The third-order valence-electron chi connectivity index (χ3n) is 2.69. The standard InChI is InChI=1S/C13H16N2O2S2/c16-19(17,9-7-12-4-2-1-3-5-12)15-8-6-13-10-18-11-14-13/h1-5,10-11,15H,6-9H2. The van der Waals surface area contributed by atoms with Crippen LogP contribution in [0.15, 0.2) is 41.2 Å². The van der Waals surface area contributed by atoms with Crippen molar-refractivity contribution in [3.63, 3.8) is 0 Å². The molecule has 0 aliphatic heterocycles. The van der Waals surface area contributed by atoms with Gasteiger partial charge in [0.1, 0.15) is 0 Å². The van der Waals surface area contributed by atoms with Crippen molar-refractivity contribution < 1.29 is 8.42 Å². The SMILES string of the molecule is O=S(=O)(CCc1ccccc1)NCCc1cscn1.